The summed E-state index contributed by atoms with van der Waals surface area (Å²) in [6.45, 7) is 5.79. The monoisotopic (exact) mass is 516 g/mol. The van der Waals surface area contributed by atoms with Gasteiger partial charge >= 0.3 is 0 Å². The number of sulfonamides is 1. The van der Waals surface area contributed by atoms with Crippen LogP contribution in [0.4, 0.5) is 5.69 Å². The molecule has 2 fully saturated rings. The highest BCUT2D eigenvalue weighted by Gasteiger charge is 2.34. The first kappa shape index (κ1) is 21.8. The molecule has 4 rings (SSSR count). The maximum Gasteiger partial charge on any atom is 0.243 e. The zero-order chi connectivity index (χ0) is 21.7. The zero-order valence-corrected chi connectivity index (χ0v) is 20.2. The van der Waals surface area contributed by atoms with E-state index in [0.717, 1.165) is 21.5 Å². The number of piperazine rings is 1. The smallest absolute Gasteiger partial charge is 0.243 e. The van der Waals surface area contributed by atoms with E-state index in [1.165, 1.54) is 4.31 Å². The van der Waals surface area contributed by atoms with E-state index in [-0.39, 0.29) is 17.5 Å². The minimum Gasteiger partial charge on any atom is -0.366 e. The summed E-state index contributed by atoms with van der Waals surface area (Å²) in [4.78, 5) is 2.45. The lowest BCUT2D eigenvalue weighted by atomic mass is 10.2. The Morgan fingerprint density at radius 2 is 1.70 bits per heavy atom. The van der Waals surface area contributed by atoms with Gasteiger partial charge in [0.25, 0.3) is 0 Å². The second kappa shape index (κ2) is 7.92. The van der Waals surface area contributed by atoms with Gasteiger partial charge in [-0.05, 0) is 44.5 Å². The Balaban J connectivity index is 1.50. The number of aryl methyl sites for hydroxylation is 1. The number of aromatic nitrogens is 2. The minimum absolute atomic E-state index is 0.124. The second-order valence-corrected chi connectivity index (χ2v) is 12.9. The van der Waals surface area contributed by atoms with E-state index in [2.05, 4.69) is 25.9 Å². The maximum absolute atomic E-state index is 12.9. The molecule has 1 atom stereocenters. The van der Waals surface area contributed by atoms with Gasteiger partial charge in [0.1, 0.15) is 0 Å². The predicted octanol–water partition coefficient (Wildman–Crippen LogP) is 2.13. The molecule has 164 valence electrons. The van der Waals surface area contributed by atoms with Gasteiger partial charge in [-0.2, -0.15) is 9.40 Å². The number of nitrogens with zero attached hydrogens (tertiary/aromatic N) is 4. The van der Waals surface area contributed by atoms with E-state index >= 15 is 0 Å². The van der Waals surface area contributed by atoms with Crippen molar-refractivity contribution in [3.63, 3.8) is 0 Å². The number of sulfone groups is 1. The number of benzene rings is 1. The van der Waals surface area contributed by atoms with Crippen molar-refractivity contribution in [1.82, 2.24) is 14.1 Å². The average molecular weight is 517 g/mol. The third kappa shape index (κ3) is 4.04. The molecule has 2 aliphatic rings. The van der Waals surface area contributed by atoms with Crippen LogP contribution in [0.2, 0.25) is 0 Å². The molecule has 2 aliphatic heterocycles. The first-order valence-corrected chi connectivity index (χ1v) is 13.9. The summed E-state index contributed by atoms with van der Waals surface area (Å²) >= 11 is 3.33. The van der Waals surface area contributed by atoms with Gasteiger partial charge in [-0.25, -0.2) is 16.8 Å². The van der Waals surface area contributed by atoms with Gasteiger partial charge in [0.05, 0.1) is 39.5 Å². The summed E-state index contributed by atoms with van der Waals surface area (Å²) < 4.78 is 53.8. The van der Waals surface area contributed by atoms with Crippen molar-refractivity contribution < 1.29 is 16.8 Å². The summed E-state index contributed by atoms with van der Waals surface area (Å²) in [6.07, 6.45) is 0.586. The number of anilines is 1. The minimum atomic E-state index is -3.53. The van der Waals surface area contributed by atoms with Crippen molar-refractivity contribution in [2.75, 3.05) is 42.6 Å². The number of hydrogen-bond donors (Lipinski definition) is 0. The quantitative estimate of drug-likeness (QED) is 0.617. The van der Waals surface area contributed by atoms with Crippen LogP contribution in [-0.4, -0.2) is 68.6 Å². The Morgan fingerprint density at radius 3 is 2.27 bits per heavy atom. The van der Waals surface area contributed by atoms with Crippen LogP contribution in [0.15, 0.2) is 33.6 Å². The van der Waals surface area contributed by atoms with E-state index in [1.807, 2.05) is 18.5 Å². The lowest BCUT2D eigenvalue weighted by Crippen LogP contribution is -2.49. The molecule has 2 aromatic rings. The van der Waals surface area contributed by atoms with E-state index in [4.69, 9.17) is 0 Å². The van der Waals surface area contributed by atoms with Crippen LogP contribution in [0, 0.1) is 13.8 Å². The van der Waals surface area contributed by atoms with Crippen LogP contribution in [0.3, 0.4) is 0 Å². The molecule has 0 amide bonds. The molecule has 30 heavy (non-hydrogen) atoms. The molecule has 1 aromatic carbocycles. The highest BCUT2D eigenvalue weighted by molar-refractivity contribution is 9.10. The number of rotatable bonds is 4. The lowest BCUT2D eigenvalue weighted by Gasteiger charge is -2.35. The Morgan fingerprint density at radius 1 is 1.07 bits per heavy atom. The molecule has 1 aromatic heterocycles. The fourth-order valence-corrected chi connectivity index (χ4v) is 7.72. The molecule has 0 bridgehead atoms. The van der Waals surface area contributed by atoms with Gasteiger partial charge in [-0.15, -0.1) is 0 Å². The van der Waals surface area contributed by atoms with E-state index in [1.54, 1.807) is 24.3 Å². The Bertz CT molecular complexity index is 1150. The van der Waals surface area contributed by atoms with Crippen molar-refractivity contribution in [1.29, 1.82) is 0 Å². The Kier molecular flexibility index (Phi) is 5.75. The van der Waals surface area contributed by atoms with Gasteiger partial charge in [0, 0.05) is 30.7 Å². The van der Waals surface area contributed by atoms with Gasteiger partial charge < -0.3 is 4.90 Å². The molecule has 0 N–H and O–H groups in total. The summed E-state index contributed by atoms with van der Waals surface area (Å²) in [6, 6.07) is 6.56. The molecule has 11 heteroatoms. The van der Waals surface area contributed by atoms with E-state index < -0.39 is 19.9 Å². The third-order valence-electron chi connectivity index (χ3n) is 5.85. The van der Waals surface area contributed by atoms with Crippen LogP contribution in [0.25, 0.3) is 0 Å². The fraction of sp³-hybridized carbons (Fsp3) is 0.526. The average Bonchev–Trinajstić information content (AvgIpc) is 3.20. The van der Waals surface area contributed by atoms with Crippen LogP contribution in [0.1, 0.15) is 23.9 Å². The standard InChI is InChI=1S/C19H25BrN4O4S2/c1-14-19(15(2)24(21-14)17-7-12-29(25,26)13-17)22-8-10-23(11-9-22)30(27,28)18-5-3-16(20)4-6-18/h3-6,17H,7-13H2,1-2H3. The van der Waals surface area contributed by atoms with Crippen molar-refractivity contribution in [2.45, 2.75) is 31.2 Å². The topological polar surface area (TPSA) is 92.6 Å². The van der Waals surface area contributed by atoms with Crippen LogP contribution in [-0.2, 0) is 19.9 Å². The largest absolute Gasteiger partial charge is 0.366 e. The molecule has 8 nitrogen and oxygen atoms in total. The molecular weight excluding hydrogens is 492 g/mol. The summed E-state index contributed by atoms with van der Waals surface area (Å²) in [7, 11) is -6.52. The van der Waals surface area contributed by atoms with Gasteiger partial charge in [0.2, 0.25) is 10.0 Å². The molecule has 0 saturated carbocycles. The molecule has 0 radical (unpaired) electrons. The first-order chi connectivity index (χ1) is 14.1. The van der Waals surface area contributed by atoms with Crippen LogP contribution in [0.5, 0.6) is 0 Å². The highest BCUT2D eigenvalue weighted by atomic mass is 79.9. The molecule has 1 unspecified atom stereocenters. The summed E-state index contributed by atoms with van der Waals surface area (Å²) in [5.41, 5.74) is 2.78. The Labute approximate surface area is 186 Å². The normalized spacial score (nSPS) is 22.5. The van der Waals surface area contributed by atoms with Crippen LogP contribution >= 0.6 is 15.9 Å². The van der Waals surface area contributed by atoms with Gasteiger partial charge in [-0.3, -0.25) is 4.68 Å². The number of halogens is 1. The van der Waals surface area contributed by atoms with E-state index in [9.17, 15) is 16.8 Å². The van der Waals surface area contributed by atoms with E-state index in [0.29, 0.717) is 37.5 Å². The predicted molar refractivity (Wildman–Crippen MR) is 119 cm³/mol. The highest BCUT2D eigenvalue weighted by Crippen LogP contribution is 2.32. The molecule has 0 spiro atoms. The fourth-order valence-electron chi connectivity index (χ4n) is 4.34. The van der Waals surface area contributed by atoms with Crippen molar-refractivity contribution >= 4 is 41.5 Å². The molecular formula is C19H25BrN4O4S2. The van der Waals surface area contributed by atoms with Crippen LogP contribution < -0.4 is 4.90 Å². The van der Waals surface area contributed by atoms with Crippen molar-refractivity contribution in [2.24, 2.45) is 0 Å². The second-order valence-electron chi connectivity index (χ2n) is 7.87. The van der Waals surface area contributed by atoms with Crippen molar-refractivity contribution in [3.05, 3.63) is 40.1 Å². The Hall–Kier alpha value is -1.43. The summed E-state index contributed by atoms with van der Waals surface area (Å²) in [5, 5.41) is 4.63. The molecule has 2 saturated heterocycles. The third-order valence-corrected chi connectivity index (χ3v) is 10.0. The SMILES string of the molecule is Cc1nn(C2CCS(=O)(=O)C2)c(C)c1N1CCN(S(=O)(=O)c2ccc(Br)cc2)CC1. The first-order valence-electron chi connectivity index (χ1n) is 9.85. The van der Waals surface area contributed by atoms with Gasteiger partial charge in [0.15, 0.2) is 9.84 Å². The maximum atomic E-state index is 12.9. The lowest BCUT2D eigenvalue weighted by molar-refractivity contribution is 0.384. The zero-order valence-electron chi connectivity index (χ0n) is 17.0. The summed E-state index contributed by atoms with van der Waals surface area (Å²) in [5.74, 6) is 0.339. The molecule has 3 heterocycles. The van der Waals surface area contributed by atoms with Crippen molar-refractivity contribution in [3.8, 4) is 0 Å². The van der Waals surface area contributed by atoms with Gasteiger partial charge in [-0.1, -0.05) is 15.9 Å². The number of hydrogen-bond acceptors (Lipinski definition) is 6. The molecule has 0 aliphatic carbocycles.